The maximum Gasteiger partial charge on any atom is 0.673 e. The number of rotatable bonds is 8. The lowest BCUT2D eigenvalue weighted by Crippen LogP contribution is -2.84. The molecular weight excluding hydrogens is 221 g/mol. The number of hydrogen-bond donors (Lipinski definition) is 1. The molecular formula is C10H24BF4N. The highest BCUT2D eigenvalue weighted by Crippen LogP contribution is 2.06. The van der Waals surface area contributed by atoms with Gasteiger partial charge in [0.1, 0.15) is 0 Å². The summed E-state index contributed by atoms with van der Waals surface area (Å²) in [5, 5.41) is 2.46. The molecule has 1 nitrogen and oxygen atoms in total. The number of nitrogens with two attached hydrogens (primary N) is 1. The van der Waals surface area contributed by atoms with E-state index in [1.807, 2.05) is 0 Å². The van der Waals surface area contributed by atoms with Crippen LogP contribution in [0.2, 0.25) is 0 Å². The van der Waals surface area contributed by atoms with E-state index in [0.29, 0.717) is 0 Å². The molecule has 0 amide bonds. The summed E-state index contributed by atoms with van der Waals surface area (Å²) in [5.41, 5.74) is 0. The number of hydrogen-bond acceptors (Lipinski definition) is 0. The minimum Gasteiger partial charge on any atom is -0.418 e. The van der Waals surface area contributed by atoms with Crippen molar-refractivity contribution in [3.63, 3.8) is 0 Å². The molecule has 0 aromatic carbocycles. The Labute approximate surface area is 96.1 Å². The van der Waals surface area contributed by atoms with Crippen LogP contribution in [0.1, 0.15) is 52.4 Å². The topological polar surface area (TPSA) is 16.6 Å². The minimum absolute atomic E-state index is 1.34. The SMILES string of the molecule is CCCCC[NH2+]CCCCC.F[B-](F)(F)F. The van der Waals surface area contributed by atoms with E-state index in [2.05, 4.69) is 19.2 Å². The molecule has 0 aliphatic heterocycles. The Morgan fingerprint density at radius 1 is 0.750 bits per heavy atom. The zero-order valence-corrected chi connectivity index (χ0v) is 10.3. The van der Waals surface area contributed by atoms with Gasteiger partial charge in [-0.15, -0.1) is 0 Å². The van der Waals surface area contributed by atoms with Crippen LogP contribution >= 0.6 is 0 Å². The highest BCUT2D eigenvalue weighted by atomic mass is 19.5. The zero-order chi connectivity index (χ0) is 12.9. The van der Waals surface area contributed by atoms with Crippen molar-refractivity contribution in [1.82, 2.24) is 0 Å². The molecule has 0 spiro atoms. The second-order valence-electron chi connectivity index (χ2n) is 3.78. The average Bonchev–Trinajstić information content (AvgIpc) is 2.14. The lowest BCUT2D eigenvalue weighted by atomic mass is 10.2. The monoisotopic (exact) mass is 245 g/mol. The molecule has 6 heteroatoms. The van der Waals surface area contributed by atoms with Crippen molar-refractivity contribution in [2.75, 3.05) is 13.1 Å². The van der Waals surface area contributed by atoms with E-state index in [4.69, 9.17) is 0 Å². The summed E-state index contributed by atoms with van der Waals surface area (Å²) in [6.45, 7) is 7.21. The van der Waals surface area contributed by atoms with Crippen LogP contribution in [0.3, 0.4) is 0 Å². The summed E-state index contributed by atoms with van der Waals surface area (Å²) < 4.78 is 39.0. The van der Waals surface area contributed by atoms with E-state index in [0.717, 1.165) is 0 Å². The van der Waals surface area contributed by atoms with Crippen molar-refractivity contribution in [2.45, 2.75) is 52.4 Å². The third-order valence-corrected chi connectivity index (χ3v) is 2.02. The average molecular weight is 245 g/mol. The molecule has 0 fully saturated rings. The Kier molecular flexibility index (Phi) is 14.5. The summed E-state index contributed by atoms with van der Waals surface area (Å²) in [4.78, 5) is 0. The molecule has 0 atom stereocenters. The third-order valence-electron chi connectivity index (χ3n) is 2.02. The Hall–Kier alpha value is -0.255. The third kappa shape index (κ3) is 37.2. The largest absolute Gasteiger partial charge is 0.673 e. The number of unbranched alkanes of at least 4 members (excludes halogenated alkanes) is 4. The first kappa shape index (κ1) is 18.1. The van der Waals surface area contributed by atoms with Gasteiger partial charge < -0.3 is 22.6 Å². The summed E-state index contributed by atoms with van der Waals surface area (Å²) >= 11 is 0. The van der Waals surface area contributed by atoms with Crippen LogP contribution in [0.25, 0.3) is 0 Å². The van der Waals surface area contributed by atoms with Gasteiger partial charge in [-0.3, -0.25) is 0 Å². The standard InChI is InChI=1S/C10H23N.BF4/c1-3-5-7-9-11-10-8-6-4-2;2-1(3,4)5/h11H,3-10H2,1-2H3;/q;-1/p+1. The molecule has 2 N–H and O–H groups in total. The molecule has 0 saturated heterocycles. The molecule has 0 unspecified atom stereocenters. The molecule has 16 heavy (non-hydrogen) atoms. The Balaban J connectivity index is 0. The lowest BCUT2D eigenvalue weighted by molar-refractivity contribution is -0.655. The summed E-state index contributed by atoms with van der Waals surface area (Å²) in [6, 6.07) is 0. The van der Waals surface area contributed by atoms with Crippen molar-refractivity contribution in [3.05, 3.63) is 0 Å². The van der Waals surface area contributed by atoms with Crippen LogP contribution in [0.15, 0.2) is 0 Å². The Morgan fingerprint density at radius 2 is 1.06 bits per heavy atom. The molecule has 0 radical (unpaired) electrons. The van der Waals surface area contributed by atoms with Gasteiger partial charge in [0.15, 0.2) is 0 Å². The van der Waals surface area contributed by atoms with Crippen molar-refractivity contribution >= 4 is 7.25 Å². The fraction of sp³-hybridized carbons (Fsp3) is 1.00. The quantitative estimate of drug-likeness (QED) is 0.384. The Bertz CT molecular complexity index is 116. The van der Waals surface area contributed by atoms with E-state index in [-0.39, 0.29) is 0 Å². The molecule has 0 aliphatic rings. The molecule has 0 rings (SSSR count). The highest BCUT2D eigenvalue weighted by Gasteiger charge is 2.20. The van der Waals surface area contributed by atoms with E-state index < -0.39 is 7.25 Å². The predicted molar refractivity (Wildman–Crippen MR) is 60.9 cm³/mol. The fourth-order valence-electron chi connectivity index (χ4n) is 1.22. The summed E-state index contributed by atoms with van der Waals surface area (Å²) in [5.74, 6) is 0. The van der Waals surface area contributed by atoms with Gasteiger partial charge in [-0.05, 0) is 25.7 Å². The molecule has 0 saturated carbocycles. The van der Waals surface area contributed by atoms with Gasteiger partial charge >= 0.3 is 7.25 Å². The first-order valence-corrected chi connectivity index (χ1v) is 6.10. The zero-order valence-electron chi connectivity index (χ0n) is 10.3. The smallest absolute Gasteiger partial charge is 0.418 e. The van der Waals surface area contributed by atoms with Gasteiger partial charge in [0.05, 0.1) is 13.1 Å². The maximum atomic E-state index is 9.75. The summed E-state index contributed by atoms with van der Waals surface area (Å²) in [6.07, 6.45) is 8.32. The second-order valence-corrected chi connectivity index (χ2v) is 3.78. The van der Waals surface area contributed by atoms with Gasteiger partial charge in [0.25, 0.3) is 0 Å². The van der Waals surface area contributed by atoms with Gasteiger partial charge in [0.2, 0.25) is 0 Å². The molecule has 0 bridgehead atoms. The van der Waals surface area contributed by atoms with Gasteiger partial charge in [-0.1, -0.05) is 26.7 Å². The van der Waals surface area contributed by atoms with Crippen molar-refractivity contribution in [2.24, 2.45) is 0 Å². The van der Waals surface area contributed by atoms with E-state index in [1.165, 1.54) is 51.6 Å². The molecule has 0 heterocycles. The van der Waals surface area contributed by atoms with Crippen LogP contribution < -0.4 is 5.32 Å². The van der Waals surface area contributed by atoms with Crippen LogP contribution in [-0.2, 0) is 0 Å². The van der Waals surface area contributed by atoms with Crippen LogP contribution in [0.4, 0.5) is 17.3 Å². The van der Waals surface area contributed by atoms with Crippen LogP contribution in [0.5, 0.6) is 0 Å². The Morgan fingerprint density at radius 3 is 1.31 bits per heavy atom. The second kappa shape index (κ2) is 12.8. The van der Waals surface area contributed by atoms with Gasteiger partial charge in [-0.2, -0.15) is 0 Å². The molecule has 0 aromatic heterocycles. The van der Waals surface area contributed by atoms with E-state index in [9.17, 15) is 17.3 Å². The number of quaternary nitrogens is 1. The lowest BCUT2D eigenvalue weighted by Gasteiger charge is -1.99. The van der Waals surface area contributed by atoms with Crippen LogP contribution in [0, 0.1) is 0 Å². The predicted octanol–water partition coefficient (Wildman–Crippen LogP) is 3.23. The molecule has 100 valence electrons. The summed E-state index contributed by atoms with van der Waals surface area (Å²) in [7, 11) is -6.00. The fourth-order valence-corrected chi connectivity index (χ4v) is 1.22. The van der Waals surface area contributed by atoms with Crippen molar-refractivity contribution in [3.8, 4) is 0 Å². The van der Waals surface area contributed by atoms with Crippen molar-refractivity contribution < 1.29 is 22.6 Å². The first-order valence-electron chi connectivity index (χ1n) is 6.10. The molecule has 0 aliphatic carbocycles. The minimum atomic E-state index is -6.00. The van der Waals surface area contributed by atoms with E-state index >= 15 is 0 Å². The molecule has 0 aromatic rings. The maximum absolute atomic E-state index is 9.75. The first-order chi connectivity index (χ1) is 7.41. The highest BCUT2D eigenvalue weighted by molar-refractivity contribution is 6.50. The van der Waals surface area contributed by atoms with E-state index in [1.54, 1.807) is 0 Å². The van der Waals surface area contributed by atoms with Gasteiger partial charge in [0, 0.05) is 0 Å². The van der Waals surface area contributed by atoms with Crippen molar-refractivity contribution in [1.29, 1.82) is 0 Å². The van der Waals surface area contributed by atoms with Gasteiger partial charge in [-0.25, -0.2) is 0 Å². The normalized spacial score (nSPS) is 10.9. The van der Waals surface area contributed by atoms with Crippen LogP contribution in [-0.4, -0.2) is 20.3 Å². The number of halogens is 4.